The zero-order valence-electron chi connectivity index (χ0n) is 17.4. The van der Waals surface area contributed by atoms with E-state index in [1.165, 1.54) is 28.5 Å². The second-order valence-corrected chi connectivity index (χ2v) is 8.03. The van der Waals surface area contributed by atoms with Crippen molar-refractivity contribution in [2.24, 2.45) is 0 Å². The molecule has 3 aliphatic heterocycles. The van der Waals surface area contributed by atoms with Gasteiger partial charge < -0.3 is 28.6 Å². The van der Waals surface area contributed by atoms with Crippen molar-refractivity contribution in [1.82, 2.24) is 0 Å². The van der Waals surface area contributed by atoms with Crippen LogP contribution in [0.4, 0.5) is 0 Å². The summed E-state index contributed by atoms with van der Waals surface area (Å²) >= 11 is 0. The number of esters is 1. The van der Waals surface area contributed by atoms with Gasteiger partial charge in [0, 0.05) is 24.5 Å². The van der Waals surface area contributed by atoms with Crippen LogP contribution in [0, 0.1) is 0 Å². The molecule has 2 aromatic rings. The Hall–Kier alpha value is -2.93. The second kappa shape index (κ2) is 7.40. The number of hydrogen-bond acceptors (Lipinski definition) is 6. The number of quaternary nitrogens is 1. The average Bonchev–Trinajstić information content (AvgIpc) is 3.21. The maximum atomic E-state index is 11.7. The Morgan fingerprint density at radius 1 is 1.03 bits per heavy atom. The Labute approximate surface area is 175 Å². The minimum Gasteiger partial charge on any atom is -0.493 e. The number of methoxy groups -OCH3 is 2. The summed E-state index contributed by atoms with van der Waals surface area (Å²) in [4.78, 5) is 13.1. The normalized spacial score (nSPS) is 23.1. The molecular weight excluding hydrogens is 386 g/mol. The number of hydrogen-bond donors (Lipinski definition) is 1. The third kappa shape index (κ3) is 3.04. The lowest BCUT2D eigenvalue weighted by Gasteiger charge is -2.43. The maximum absolute atomic E-state index is 11.7. The van der Waals surface area contributed by atoms with Crippen LogP contribution >= 0.6 is 0 Å². The van der Waals surface area contributed by atoms with Crippen molar-refractivity contribution in [3.8, 4) is 23.0 Å². The first-order chi connectivity index (χ1) is 14.6. The molecule has 0 bridgehead atoms. The van der Waals surface area contributed by atoms with E-state index in [4.69, 9.17) is 23.7 Å². The number of ether oxygens (including phenoxy) is 5. The van der Waals surface area contributed by atoms with Crippen LogP contribution < -0.4 is 23.8 Å². The van der Waals surface area contributed by atoms with Gasteiger partial charge in [-0.3, -0.25) is 4.79 Å². The van der Waals surface area contributed by atoms with Crippen LogP contribution in [0.15, 0.2) is 24.3 Å². The number of carbonyl (C=O) groups excluding carboxylic acids is 1. The van der Waals surface area contributed by atoms with Crippen LogP contribution in [-0.4, -0.2) is 40.1 Å². The van der Waals surface area contributed by atoms with Crippen molar-refractivity contribution in [2.75, 3.05) is 34.2 Å². The molecule has 0 radical (unpaired) electrons. The molecule has 158 valence electrons. The molecule has 3 atom stereocenters. The van der Waals surface area contributed by atoms with Gasteiger partial charge in [-0.2, -0.15) is 0 Å². The lowest BCUT2D eigenvalue weighted by Crippen LogP contribution is -3.13. The Morgan fingerprint density at radius 3 is 2.50 bits per heavy atom. The van der Waals surface area contributed by atoms with Crippen LogP contribution in [0.2, 0.25) is 0 Å². The second-order valence-electron chi connectivity index (χ2n) is 8.03. The Bertz CT molecular complexity index is 1000. The Morgan fingerprint density at radius 2 is 1.77 bits per heavy atom. The predicted octanol–water partition coefficient (Wildman–Crippen LogP) is 1.78. The first-order valence-electron chi connectivity index (χ1n) is 10.2. The smallest absolute Gasteiger partial charge is 0.302 e. The van der Waals surface area contributed by atoms with E-state index in [-0.39, 0.29) is 24.7 Å². The van der Waals surface area contributed by atoms with Crippen molar-refractivity contribution in [2.45, 2.75) is 31.8 Å². The fourth-order valence-electron chi connectivity index (χ4n) is 5.13. The molecule has 2 aromatic carbocycles. The maximum Gasteiger partial charge on any atom is 0.302 e. The van der Waals surface area contributed by atoms with Gasteiger partial charge in [-0.05, 0) is 35.4 Å². The van der Waals surface area contributed by atoms with Gasteiger partial charge in [-0.1, -0.05) is 0 Å². The Balaban J connectivity index is 1.63. The highest BCUT2D eigenvalue weighted by Gasteiger charge is 2.44. The van der Waals surface area contributed by atoms with E-state index in [1.54, 1.807) is 14.2 Å². The zero-order valence-corrected chi connectivity index (χ0v) is 17.4. The van der Waals surface area contributed by atoms with E-state index >= 15 is 0 Å². The molecule has 1 N–H and O–H groups in total. The summed E-state index contributed by atoms with van der Waals surface area (Å²) in [6.07, 6.45) is 0.973. The molecule has 0 saturated carbocycles. The first-order valence-corrected chi connectivity index (χ1v) is 10.2. The van der Waals surface area contributed by atoms with Crippen molar-refractivity contribution in [3.05, 3.63) is 46.5 Å². The van der Waals surface area contributed by atoms with Gasteiger partial charge in [-0.15, -0.1) is 0 Å². The molecular formula is C23H26NO6+. The fourth-order valence-corrected chi connectivity index (χ4v) is 5.13. The van der Waals surface area contributed by atoms with E-state index in [9.17, 15) is 4.79 Å². The highest BCUT2D eigenvalue weighted by atomic mass is 16.7. The molecule has 3 aliphatic rings. The third-order valence-electron chi connectivity index (χ3n) is 6.46. The molecule has 0 amide bonds. The van der Waals surface area contributed by atoms with Crippen LogP contribution in [0.5, 0.6) is 23.0 Å². The van der Waals surface area contributed by atoms with Gasteiger partial charge in [0.2, 0.25) is 6.79 Å². The summed E-state index contributed by atoms with van der Waals surface area (Å²) in [5.41, 5.74) is 4.89. The largest absolute Gasteiger partial charge is 0.493 e. The van der Waals surface area contributed by atoms with Crippen molar-refractivity contribution in [1.29, 1.82) is 0 Å². The Kier molecular flexibility index (Phi) is 4.70. The molecule has 7 nitrogen and oxygen atoms in total. The summed E-state index contributed by atoms with van der Waals surface area (Å²) in [5, 5.41) is 0. The minimum atomic E-state index is -0.272. The molecule has 7 heteroatoms. The third-order valence-corrected chi connectivity index (χ3v) is 6.46. The first kappa shape index (κ1) is 19.1. The molecule has 5 rings (SSSR count). The lowest BCUT2D eigenvalue weighted by atomic mass is 9.76. The summed E-state index contributed by atoms with van der Waals surface area (Å²) in [6, 6.07) is 8.50. The number of nitrogens with one attached hydrogen (secondary N) is 1. The summed E-state index contributed by atoms with van der Waals surface area (Å²) in [5.74, 6) is 2.75. The van der Waals surface area contributed by atoms with Gasteiger partial charge in [-0.25, -0.2) is 0 Å². The molecule has 30 heavy (non-hydrogen) atoms. The molecule has 0 spiro atoms. The number of rotatable bonds is 4. The lowest BCUT2D eigenvalue weighted by molar-refractivity contribution is -0.951. The molecule has 1 unspecified atom stereocenters. The number of fused-ring (bicyclic) bond motifs is 5. The van der Waals surface area contributed by atoms with E-state index in [2.05, 4.69) is 18.2 Å². The molecule has 3 heterocycles. The zero-order chi connectivity index (χ0) is 20.8. The standard InChI is InChI=1S/C23H25NO6/c1-13(25)28-11-18-16-8-20(27-3)19(26-2)7-15(16)10-24-5-4-14-6-21-22(30-12-29-21)9-17(14)23(18)24/h6-9,18,23H,4-5,10-12H2,1-3H3/p+1/t18-,23+/m1/s1. The van der Waals surface area contributed by atoms with E-state index < -0.39 is 0 Å². The number of benzene rings is 2. The monoisotopic (exact) mass is 412 g/mol. The van der Waals surface area contributed by atoms with E-state index in [0.717, 1.165) is 42.3 Å². The van der Waals surface area contributed by atoms with Gasteiger partial charge in [0.25, 0.3) is 0 Å². The molecule has 0 fully saturated rings. The van der Waals surface area contributed by atoms with E-state index in [1.807, 2.05) is 6.07 Å². The summed E-state index contributed by atoms with van der Waals surface area (Å²) in [7, 11) is 3.29. The highest BCUT2D eigenvalue weighted by Crippen LogP contribution is 2.45. The average molecular weight is 412 g/mol. The fraction of sp³-hybridized carbons (Fsp3) is 0.435. The van der Waals surface area contributed by atoms with Crippen LogP contribution in [0.25, 0.3) is 0 Å². The van der Waals surface area contributed by atoms with Crippen molar-refractivity contribution >= 4 is 5.97 Å². The molecule has 0 aromatic heterocycles. The van der Waals surface area contributed by atoms with Gasteiger partial charge in [0.1, 0.15) is 19.2 Å². The number of carbonyl (C=O) groups is 1. The summed E-state index contributed by atoms with van der Waals surface area (Å²) in [6.45, 7) is 3.92. The van der Waals surface area contributed by atoms with Gasteiger partial charge >= 0.3 is 5.97 Å². The van der Waals surface area contributed by atoms with Gasteiger partial charge in [0.15, 0.2) is 23.0 Å². The van der Waals surface area contributed by atoms with Crippen LogP contribution in [0.3, 0.4) is 0 Å². The SMILES string of the molecule is COc1cc2c(cc1OC)[C@@H](COC(C)=O)[C@@H]1c3cc4c(cc3CC[NH+]1C2)OCO4. The van der Waals surface area contributed by atoms with E-state index in [0.29, 0.717) is 12.4 Å². The molecule has 0 saturated heterocycles. The van der Waals surface area contributed by atoms with Crippen LogP contribution in [0.1, 0.15) is 41.1 Å². The quantitative estimate of drug-likeness (QED) is 0.773. The van der Waals surface area contributed by atoms with Crippen molar-refractivity contribution in [3.63, 3.8) is 0 Å². The van der Waals surface area contributed by atoms with Crippen molar-refractivity contribution < 1.29 is 33.4 Å². The van der Waals surface area contributed by atoms with Crippen LogP contribution in [-0.2, 0) is 22.5 Å². The topological polar surface area (TPSA) is 67.7 Å². The van der Waals surface area contributed by atoms with Gasteiger partial charge in [0.05, 0.1) is 26.7 Å². The molecule has 0 aliphatic carbocycles. The summed E-state index contributed by atoms with van der Waals surface area (Å²) < 4.78 is 27.9. The highest BCUT2D eigenvalue weighted by molar-refractivity contribution is 5.66. The minimum absolute atomic E-state index is 0.00637. The predicted molar refractivity (Wildman–Crippen MR) is 107 cm³/mol.